The van der Waals surface area contributed by atoms with Crippen molar-refractivity contribution in [3.05, 3.63) is 0 Å². The molecule has 0 spiro atoms. The van der Waals surface area contributed by atoms with Gasteiger partial charge >= 0.3 is 5.97 Å². The minimum Gasteiger partial charge on any atom is -0.464 e. The summed E-state index contributed by atoms with van der Waals surface area (Å²) in [7, 11) is 0. The lowest BCUT2D eigenvalue weighted by atomic mass is 10.1. The van der Waals surface area contributed by atoms with Crippen LogP contribution < -0.4 is 0 Å². The zero-order valence-corrected chi connectivity index (χ0v) is 8.69. The molecule has 0 heterocycles. The number of ether oxygens (including phenoxy) is 1. The number of carbonyl (C=O) groups excluding carboxylic acids is 1. The fraction of sp³-hybridized carbons (Fsp3) is 0.800. The van der Waals surface area contributed by atoms with Crippen molar-refractivity contribution in [1.29, 1.82) is 5.26 Å². The number of hydrogen-bond acceptors (Lipinski definition) is 4. The molecular weight excluding hydrogens is 182 g/mol. The van der Waals surface area contributed by atoms with E-state index in [9.17, 15) is 4.79 Å². The van der Waals surface area contributed by atoms with E-state index in [1.54, 1.807) is 6.92 Å². The van der Waals surface area contributed by atoms with Crippen LogP contribution >= 0.6 is 0 Å². The van der Waals surface area contributed by atoms with E-state index in [0.29, 0.717) is 6.42 Å². The number of aliphatic hydroxyl groups excluding tert-OH is 1. The minimum atomic E-state index is -0.661. The van der Waals surface area contributed by atoms with Gasteiger partial charge in [-0.2, -0.15) is 5.26 Å². The van der Waals surface area contributed by atoms with E-state index in [1.165, 1.54) is 0 Å². The number of rotatable bonds is 6. The molecule has 0 rings (SSSR count). The van der Waals surface area contributed by atoms with Crippen molar-refractivity contribution in [3.63, 3.8) is 0 Å². The van der Waals surface area contributed by atoms with Gasteiger partial charge in [0.25, 0.3) is 0 Å². The van der Waals surface area contributed by atoms with Crippen LogP contribution in [0.4, 0.5) is 0 Å². The van der Waals surface area contributed by atoms with Gasteiger partial charge in [0.15, 0.2) is 0 Å². The largest absolute Gasteiger partial charge is 0.464 e. The second-order valence-corrected chi connectivity index (χ2v) is 3.39. The summed E-state index contributed by atoms with van der Waals surface area (Å²) in [4.78, 5) is 11.3. The van der Waals surface area contributed by atoms with E-state index in [2.05, 4.69) is 0 Å². The van der Waals surface area contributed by atoms with Crippen LogP contribution in [0.1, 0.15) is 26.7 Å². The van der Waals surface area contributed by atoms with Crippen LogP contribution in [-0.2, 0) is 9.53 Å². The Morgan fingerprint density at radius 1 is 1.64 bits per heavy atom. The summed E-state index contributed by atoms with van der Waals surface area (Å²) in [5.74, 6) is -1.21. The molecule has 0 radical (unpaired) electrons. The molecule has 0 amide bonds. The van der Waals surface area contributed by atoms with Gasteiger partial charge in [0.05, 0.1) is 12.7 Å². The molecule has 0 unspecified atom stereocenters. The number of nitriles is 1. The normalized spacial score (nSPS) is 14.1. The van der Waals surface area contributed by atoms with Crippen molar-refractivity contribution in [2.75, 3.05) is 13.2 Å². The topological polar surface area (TPSA) is 70.3 Å². The molecule has 0 aromatic carbocycles. The standard InChI is InChI=1S/C10H17NO3/c1-3-4-9(5-11)10(13)14-7-8(2)6-12/h8-9,12H,3-4,6-7H2,1-2H3/t8-,9-/m0/s1. The Morgan fingerprint density at radius 2 is 2.29 bits per heavy atom. The average Bonchev–Trinajstić information content (AvgIpc) is 2.21. The third-order valence-corrected chi connectivity index (χ3v) is 1.84. The molecule has 0 fully saturated rings. The Labute approximate surface area is 84.5 Å². The van der Waals surface area contributed by atoms with Gasteiger partial charge in [-0.15, -0.1) is 0 Å². The van der Waals surface area contributed by atoms with E-state index >= 15 is 0 Å². The average molecular weight is 199 g/mol. The first-order valence-corrected chi connectivity index (χ1v) is 4.82. The molecule has 0 saturated carbocycles. The molecule has 0 aliphatic carbocycles. The van der Waals surface area contributed by atoms with E-state index in [4.69, 9.17) is 15.1 Å². The minimum absolute atomic E-state index is 0.0156. The zero-order valence-electron chi connectivity index (χ0n) is 8.69. The fourth-order valence-corrected chi connectivity index (χ4v) is 0.901. The van der Waals surface area contributed by atoms with Gasteiger partial charge < -0.3 is 9.84 Å². The Morgan fingerprint density at radius 3 is 2.71 bits per heavy atom. The van der Waals surface area contributed by atoms with Crippen LogP contribution in [-0.4, -0.2) is 24.3 Å². The highest BCUT2D eigenvalue weighted by atomic mass is 16.5. The number of aliphatic hydroxyl groups is 1. The van der Waals surface area contributed by atoms with Gasteiger partial charge in [-0.3, -0.25) is 4.79 Å². The lowest BCUT2D eigenvalue weighted by Crippen LogP contribution is -2.20. The Balaban J connectivity index is 3.88. The Hall–Kier alpha value is -1.08. The summed E-state index contributed by atoms with van der Waals surface area (Å²) in [6.07, 6.45) is 1.31. The highest BCUT2D eigenvalue weighted by Gasteiger charge is 2.18. The summed E-state index contributed by atoms with van der Waals surface area (Å²) < 4.78 is 4.88. The zero-order chi connectivity index (χ0) is 11.0. The first-order chi connectivity index (χ1) is 6.65. The SMILES string of the molecule is CCC[C@@H](C#N)C(=O)OC[C@@H](C)CO. The third kappa shape index (κ3) is 4.83. The first kappa shape index (κ1) is 12.9. The molecule has 0 aliphatic rings. The van der Waals surface area contributed by atoms with E-state index in [-0.39, 0.29) is 19.1 Å². The molecule has 0 aliphatic heterocycles. The molecular formula is C10H17NO3. The lowest BCUT2D eigenvalue weighted by Gasteiger charge is -2.11. The van der Waals surface area contributed by atoms with Crippen LogP contribution in [0.2, 0.25) is 0 Å². The van der Waals surface area contributed by atoms with Crippen molar-refractivity contribution in [1.82, 2.24) is 0 Å². The van der Waals surface area contributed by atoms with Crippen molar-refractivity contribution in [2.45, 2.75) is 26.7 Å². The number of carbonyl (C=O) groups is 1. The van der Waals surface area contributed by atoms with Crippen molar-refractivity contribution in [3.8, 4) is 6.07 Å². The summed E-state index contributed by atoms with van der Waals surface area (Å²) in [5.41, 5.74) is 0. The maximum Gasteiger partial charge on any atom is 0.323 e. The quantitative estimate of drug-likeness (QED) is 0.650. The second-order valence-electron chi connectivity index (χ2n) is 3.39. The van der Waals surface area contributed by atoms with Crippen molar-refractivity contribution < 1.29 is 14.6 Å². The van der Waals surface area contributed by atoms with Crippen LogP contribution in [0.15, 0.2) is 0 Å². The molecule has 4 nitrogen and oxygen atoms in total. The highest BCUT2D eigenvalue weighted by molar-refractivity contribution is 5.75. The third-order valence-electron chi connectivity index (χ3n) is 1.84. The van der Waals surface area contributed by atoms with Crippen molar-refractivity contribution >= 4 is 5.97 Å². The molecule has 80 valence electrons. The molecule has 0 aromatic rings. The van der Waals surface area contributed by atoms with Crippen LogP contribution in [0.3, 0.4) is 0 Å². The Kier molecular flexibility index (Phi) is 6.77. The lowest BCUT2D eigenvalue weighted by molar-refractivity contribution is -0.148. The molecule has 2 atom stereocenters. The second kappa shape index (κ2) is 7.34. The van der Waals surface area contributed by atoms with Gasteiger partial charge in [-0.1, -0.05) is 20.3 Å². The van der Waals surface area contributed by atoms with Gasteiger partial charge in [-0.25, -0.2) is 0 Å². The van der Waals surface area contributed by atoms with E-state index < -0.39 is 11.9 Å². The van der Waals surface area contributed by atoms with Crippen molar-refractivity contribution in [2.24, 2.45) is 11.8 Å². The summed E-state index contributed by atoms with van der Waals surface area (Å²) in [6.45, 7) is 3.85. The monoisotopic (exact) mass is 199 g/mol. The van der Waals surface area contributed by atoms with Gasteiger partial charge in [0.2, 0.25) is 0 Å². The molecule has 0 saturated heterocycles. The van der Waals surface area contributed by atoms with E-state index in [0.717, 1.165) is 6.42 Å². The van der Waals surface area contributed by atoms with Crippen LogP contribution in [0, 0.1) is 23.2 Å². The smallest absolute Gasteiger partial charge is 0.323 e. The van der Waals surface area contributed by atoms with Gasteiger partial charge in [0.1, 0.15) is 5.92 Å². The molecule has 14 heavy (non-hydrogen) atoms. The van der Waals surface area contributed by atoms with Crippen LogP contribution in [0.25, 0.3) is 0 Å². The predicted molar refractivity (Wildman–Crippen MR) is 51.2 cm³/mol. The number of nitrogens with zero attached hydrogens (tertiary/aromatic N) is 1. The van der Waals surface area contributed by atoms with Crippen LogP contribution in [0.5, 0.6) is 0 Å². The summed E-state index contributed by atoms with van der Waals surface area (Å²) in [5, 5.41) is 17.3. The Bertz CT molecular complexity index is 210. The van der Waals surface area contributed by atoms with E-state index in [1.807, 2.05) is 13.0 Å². The molecule has 1 N–H and O–H groups in total. The molecule has 4 heteroatoms. The molecule has 0 bridgehead atoms. The molecule has 0 aromatic heterocycles. The fourth-order valence-electron chi connectivity index (χ4n) is 0.901. The summed E-state index contributed by atoms with van der Waals surface area (Å²) >= 11 is 0. The summed E-state index contributed by atoms with van der Waals surface area (Å²) in [6, 6.07) is 1.91. The first-order valence-electron chi connectivity index (χ1n) is 4.82. The number of esters is 1. The van der Waals surface area contributed by atoms with Gasteiger partial charge in [0, 0.05) is 12.5 Å². The maximum absolute atomic E-state index is 11.3. The van der Waals surface area contributed by atoms with Gasteiger partial charge in [-0.05, 0) is 6.42 Å². The highest BCUT2D eigenvalue weighted by Crippen LogP contribution is 2.08. The maximum atomic E-state index is 11.3. The predicted octanol–water partition coefficient (Wildman–Crippen LogP) is 1.10. The number of hydrogen-bond donors (Lipinski definition) is 1.